The van der Waals surface area contributed by atoms with E-state index in [1.165, 1.54) is 17.3 Å². The zero-order chi connectivity index (χ0) is 17.6. The number of amidine groups is 1. The molecule has 0 spiro atoms. The summed E-state index contributed by atoms with van der Waals surface area (Å²) < 4.78 is 24.2. The molecular formula is C17H22N2O3S2. The van der Waals surface area contributed by atoms with Gasteiger partial charge in [0.15, 0.2) is 15.0 Å². The highest BCUT2D eigenvalue weighted by molar-refractivity contribution is 8.16. The predicted molar refractivity (Wildman–Crippen MR) is 99.7 cm³/mol. The van der Waals surface area contributed by atoms with Crippen LogP contribution in [-0.2, 0) is 14.6 Å². The second-order valence-electron chi connectivity index (χ2n) is 6.56. The number of thioether (sulfide) groups is 1. The lowest BCUT2D eigenvalue weighted by Gasteiger charge is -2.28. The number of sulfone groups is 1. The maximum absolute atomic E-state index is 12.1. The standard InChI is InChI=1S/C17H22N2O3S2/c1-5-15(20)18-17-19(13-8-24(21,22)9-14(13)23-17)16-11(3)6-10(2)7-12(16)4/h6-7,13-14H,5,8-9H2,1-4H3/t13-,14+/m1/s1. The summed E-state index contributed by atoms with van der Waals surface area (Å²) in [6.07, 6.45) is 0.345. The number of hydrogen-bond donors (Lipinski definition) is 0. The van der Waals surface area contributed by atoms with Crippen LogP contribution in [0.15, 0.2) is 17.1 Å². The van der Waals surface area contributed by atoms with Gasteiger partial charge in [-0.3, -0.25) is 4.79 Å². The number of carbonyl (C=O) groups is 1. The Hall–Kier alpha value is -1.34. The van der Waals surface area contributed by atoms with Crippen molar-refractivity contribution in [3.63, 3.8) is 0 Å². The summed E-state index contributed by atoms with van der Waals surface area (Å²) in [5.41, 5.74) is 4.31. The normalized spacial score (nSPS) is 26.8. The van der Waals surface area contributed by atoms with Crippen LogP contribution in [0.1, 0.15) is 30.0 Å². The fraction of sp³-hybridized carbons (Fsp3) is 0.529. The summed E-state index contributed by atoms with van der Waals surface area (Å²) in [6, 6.07) is 4.02. The number of benzene rings is 1. The zero-order valence-corrected chi connectivity index (χ0v) is 16.0. The van der Waals surface area contributed by atoms with Gasteiger partial charge in [0, 0.05) is 17.4 Å². The van der Waals surface area contributed by atoms with E-state index in [0.717, 1.165) is 16.8 Å². The van der Waals surface area contributed by atoms with Crippen LogP contribution in [0.3, 0.4) is 0 Å². The van der Waals surface area contributed by atoms with E-state index in [0.29, 0.717) is 11.6 Å². The van der Waals surface area contributed by atoms with Gasteiger partial charge in [-0.15, -0.1) is 0 Å². The molecule has 0 unspecified atom stereocenters. The third-order valence-corrected chi connectivity index (χ3v) is 7.68. The van der Waals surface area contributed by atoms with Crippen molar-refractivity contribution in [2.45, 2.75) is 45.4 Å². The van der Waals surface area contributed by atoms with E-state index in [1.807, 2.05) is 25.7 Å². The lowest BCUT2D eigenvalue weighted by molar-refractivity contribution is -0.117. The number of aryl methyl sites for hydroxylation is 3. The molecule has 0 N–H and O–H groups in total. The fourth-order valence-electron chi connectivity index (χ4n) is 3.56. The van der Waals surface area contributed by atoms with E-state index >= 15 is 0 Å². The average Bonchev–Trinajstić information content (AvgIpc) is 2.90. The molecule has 2 fully saturated rings. The summed E-state index contributed by atoms with van der Waals surface area (Å²) in [6.45, 7) is 7.87. The first-order valence-electron chi connectivity index (χ1n) is 8.07. The third kappa shape index (κ3) is 3.11. The molecule has 3 rings (SSSR count). The molecule has 0 radical (unpaired) electrons. The van der Waals surface area contributed by atoms with Gasteiger partial charge in [-0.1, -0.05) is 36.4 Å². The molecule has 2 aliphatic rings. The minimum Gasteiger partial charge on any atom is -0.315 e. The second-order valence-corrected chi connectivity index (χ2v) is 9.92. The molecule has 0 bridgehead atoms. The smallest absolute Gasteiger partial charge is 0.247 e. The van der Waals surface area contributed by atoms with Crippen molar-refractivity contribution < 1.29 is 13.2 Å². The van der Waals surface area contributed by atoms with Gasteiger partial charge in [0.25, 0.3) is 0 Å². The predicted octanol–water partition coefficient (Wildman–Crippen LogP) is 2.62. The fourth-order valence-corrected chi connectivity index (χ4v) is 7.48. The Kier molecular flexibility index (Phi) is 4.51. The van der Waals surface area contributed by atoms with Gasteiger partial charge >= 0.3 is 0 Å². The van der Waals surface area contributed by atoms with Crippen molar-refractivity contribution in [3.8, 4) is 0 Å². The lowest BCUT2D eigenvalue weighted by Crippen LogP contribution is -2.38. The quantitative estimate of drug-likeness (QED) is 0.805. The zero-order valence-electron chi connectivity index (χ0n) is 14.4. The first-order chi connectivity index (χ1) is 11.2. The molecule has 1 amide bonds. The SMILES string of the molecule is CCC(=O)N=C1S[C@H]2CS(=O)(=O)C[C@H]2N1c1c(C)cc(C)cc1C. The minimum absolute atomic E-state index is 0.0569. The second kappa shape index (κ2) is 6.19. The van der Waals surface area contributed by atoms with Crippen molar-refractivity contribution in [1.82, 2.24) is 0 Å². The molecule has 2 heterocycles. The highest BCUT2D eigenvalue weighted by Crippen LogP contribution is 2.43. The Labute approximate surface area is 147 Å². The van der Waals surface area contributed by atoms with Crippen molar-refractivity contribution in [2.75, 3.05) is 16.4 Å². The third-order valence-electron chi connectivity index (χ3n) is 4.47. The first kappa shape index (κ1) is 17.5. The van der Waals surface area contributed by atoms with Crippen molar-refractivity contribution in [3.05, 3.63) is 28.8 Å². The molecule has 2 aliphatic heterocycles. The van der Waals surface area contributed by atoms with Crippen molar-refractivity contribution in [2.24, 2.45) is 4.99 Å². The van der Waals surface area contributed by atoms with Crippen LogP contribution in [-0.4, -0.2) is 42.3 Å². The summed E-state index contributed by atoms with van der Waals surface area (Å²) in [5.74, 6) is 0.103. The van der Waals surface area contributed by atoms with Crippen LogP contribution in [0.25, 0.3) is 0 Å². The van der Waals surface area contributed by atoms with Crippen LogP contribution in [0, 0.1) is 20.8 Å². The molecule has 5 nitrogen and oxygen atoms in total. The van der Waals surface area contributed by atoms with E-state index in [2.05, 4.69) is 17.1 Å². The highest BCUT2D eigenvalue weighted by Gasteiger charge is 2.49. The molecule has 2 atom stereocenters. The summed E-state index contributed by atoms with van der Waals surface area (Å²) >= 11 is 1.43. The number of rotatable bonds is 2. The van der Waals surface area contributed by atoms with E-state index in [-0.39, 0.29) is 28.7 Å². The van der Waals surface area contributed by atoms with E-state index in [4.69, 9.17) is 0 Å². The van der Waals surface area contributed by atoms with Crippen LogP contribution in [0.5, 0.6) is 0 Å². The van der Waals surface area contributed by atoms with Gasteiger partial charge < -0.3 is 4.90 Å². The molecule has 0 aromatic heterocycles. The van der Waals surface area contributed by atoms with Gasteiger partial charge in [0.1, 0.15) is 0 Å². The highest BCUT2D eigenvalue weighted by atomic mass is 32.2. The van der Waals surface area contributed by atoms with Gasteiger partial charge in [0.2, 0.25) is 5.91 Å². The van der Waals surface area contributed by atoms with Crippen LogP contribution in [0.4, 0.5) is 5.69 Å². The molecule has 0 aliphatic carbocycles. The minimum atomic E-state index is -3.04. The van der Waals surface area contributed by atoms with Crippen LogP contribution < -0.4 is 4.90 Å². The first-order valence-corrected chi connectivity index (χ1v) is 10.8. The number of amides is 1. The van der Waals surface area contributed by atoms with Gasteiger partial charge in [-0.25, -0.2) is 8.42 Å². The average molecular weight is 367 g/mol. The molecule has 1 aromatic carbocycles. The number of carbonyl (C=O) groups excluding carboxylic acids is 1. The molecule has 7 heteroatoms. The Morgan fingerprint density at radius 3 is 2.46 bits per heavy atom. The number of hydrogen-bond acceptors (Lipinski definition) is 4. The monoisotopic (exact) mass is 366 g/mol. The van der Waals surface area contributed by atoms with Crippen molar-refractivity contribution >= 4 is 38.4 Å². The van der Waals surface area contributed by atoms with Gasteiger partial charge in [0.05, 0.1) is 17.5 Å². The Morgan fingerprint density at radius 2 is 1.88 bits per heavy atom. The molecule has 1 aromatic rings. The topological polar surface area (TPSA) is 66.8 Å². The number of fused-ring (bicyclic) bond motifs is 1. The van der Waals surface area contributed by atoms with E-state index in [1.54, 1.807) is 6.92 Å². The number of aliphatic imine (C=N–C) groups is 1. The molecular weight excluding hydrogens is 344 g/mol. The molecule has 2 saturated heterocycles. The number of nitrogens with zero attached hydrogens (tertiary/aromatic N) is 2. The van der Waals surface area contributed by atoms with Crippen molar-refractivity contribution in [1.29, 1.82) is 0 Å². The molecule has 24 heavy (non-hydrogen) atoms. The summed E-state index contributed by atoms with van der Waals surface area (Å²) in [7, 11) is -3.04. The molecule has 0 saturated carbocycles. The number of anilines is 1. The van der Waals surface area contributed by atoms with Gasteiger partial charge in [-0.05, 0) is 31.9 Å². The maximum Gasteiger partial charge on any atom is 0.247 e. The summed E-state index contributed by atoms with van der Waals surface area (Å²) in [5, 5.41) is 0.584. The van der Waals surface area contributed by atoms with Gasteiger partial charge in [-0.2, -0.15) is 4.99 Å². The van der Waals surface area contributed by atoms with Crippen LogP contribution >= 0.6 is 11.8 Å². The summed E-state index contributed by atoms with van der Waals surface area (Å²) in [4.78, 5) is 18.1. The Morgan fingerprint density at radius 1 is 1.25 bits per heavy atom. The van der Waals surface area contributed by atoms with E-state index in [9.17, 15) is 13.2 Å². The lowest BCUT2D eigenvalue weighted by atomic mass is 10.0. The maximum atomic E-state index is 12.1. The van der Waals surface area contributed by atoms with Crippen LogP contribution in [0.2, 0.25) is 0 Å². The Balaban J connectivity index is 2.12. The largest absolute Gasteiger partial charge is 0.315 e. The Bertz CT molecular complexity index is 807. The van der Waals surface area contributed by atoms with E-state index < -0.39 is 9.84 Å². The molecule has 130 valence electrons.